The topological polar surface area (TPSA) is 50.3 Å². The van der Waals surface area contributed by atoms with E-state index in [1.165, 1.54) is 0 Å². The molecule has 0 amide bonds. The average molecular weight is 252 g/mol. The third-order valence-corrected chi connectivity index (χ3v) is 2.63. The van der Waals surface area contributed by atoms with Crippen LogP contribution < -0.4 is 10.2 Å². The van der Waals surface area contributed by atoms with Crippen LogP contribution in [0.1, 0.15) is 26.5 Å². The molecule has 18 heavy (non-hydrogen) atoms. The van der Waals surface area contributed by atoms with Gasteiger partial charge in [-0.3, -0.25) is 4.98 Å². The van der Waals surface area contributed by atoms with Gasteiger partial charge >= 0.3 is 0 Å². The molecule has 0 fully saturated rings. The van der Waals surface area contributed by atoms with Gasteiger partial charge < -0.3 is 15.0 Å². The van der Waals surface area contributed by atoms with Gasteiger partial charge in [-0.1, -0.05) is 13.8 Å². The Labute approximate surface area is 110 Å². The first kappa shape index (κ1) is 14.9. The Balaban J connectivity index is 2.66. The molecule has 0 saturated heterocycles. The van der Waals surface area contributed by atoms with Crippen LogP contribution in [0.15, 0.2) is 12.4 Å². The van der Waals surface area contributed by atoms with E-state index < -0.39 is 0 Å². The van der Waals surface area contributed by atoms with Crippen molar-refractivity contribution in [1.82, 2.24) is 15.3 Å². The minimum absolute atomic E-state index is 0.450. The summed E-state index contributed by atoms with van der Waals surface area (Å²) >= 11 is 0. The molecule has 0 aliphatic heterocycles. The van der Waals surface area contributed by atoms with Crippen LogP contribution in [0.4, 0.5) is 5.82 Å². The smallest absolute Gasteiger partial charge is 0.147 e. The second-order valence-electron chi connectivity index (χ2n) is 4.48. The van der Waals surface area contributed by atoms with Crippen LogP contribution in [0.25, 0.3) is 0 Å². The van der Waals surface area contributed by atoms with Crippen LogP contribution in [0.3, 0.4) is 0 Å². The van der Waals surface area contributed by atoms with Crippen LogP contribution in [-0.2, 0) is 11.3 Å². The van der Waals surface area contributed by atoms with Crippen LogP contribution in [-0.4, -0.2) is 42.8 Å². The van der Waals surface area contributed by atoms with Crippen LogP contribution in [0.2, 0.25) is 0 Å². The Bertz CT molecular complexity index is 344. The zero-order chi connectivity index (χ0) is 13.4. The standard InChI is InChI=1S/C13H24N4O/c1-5-17(6-7-18-4)13-10-14-8-12(16-13)9-15-11(2)3/h8,10-11,15H,5-7,9H2,1-4H3. The van der Waals surface area contributed by atoms with Crippen LogP contribution >= 0.6 is 0 Å². The van der Waals surface area contributed by atoms with Gasteiger partial charge in [0.1, 0.15) is 5.82 Å². The van der Waals surface area contributed by atoms with Gasteiger partial charge in [-0.05, 0) is 6.92 Å². The summed E-state index contributed by atoms with van der Waals surface area (Å²) in [5.41, 5.74) is 0.970. The van der Waals surface area contributed by atoms with Gasteiger partial charge in [0.2, 0.25) is 0 Å². The van der Waals surface area contributed by atoms with Crippen molar-refractivity contribution in [2.45, 2.75) is 33.4 Å². The first-order valence-corrected chi connectivity index (χ1v) is 6.45. The molecule has 1 aromatic heterocycles. The van der Waals surface area contributed by atoms with E-state index >= 15 is 0 Å². The number of nitrogens with one attached hydrogen (secondary N) is 1. The number of aromatic nitrogens is 2. The molecule has 0 atom stereocenters. The van der Waals surface area contributed by atoms with Crippen molar-refractivity contribution < 1.29 is 4.74 Å². The molecule has 1 N–H and O–H groups in total. The molecule has 1 rings (SSSR count). The van der Waals surface area contributed by atoms with Gasteiger partial charge in [0, 0.05) is 39.0 Å². The SMILES string of the molecule is CCN(CCOC)c1cncc(CNC(C)C)n1. The maximum absolute atomic E-state index is 5.10. The molecule has 1 heterocycles. The first-order valence-electron chi connectivity index (χ1n) is 6.45. The van der Waals surface area contributed by atoms with E-state index in [-0.39, 0.29) is 0 Å². The summed E-state index contributed by atoms with van der Waals surface area (Å²) in [6.07, 6.45) is 3.61. The van der Waals surface area contributed by atoms with Gasteiger partial charge in [-0.2, -0.15) is 0 Å². The number of likely N-dealkylation sites (N-methyl/N-ethyl adjacent to an activating group) is 1. The predicted molar refractivity (Wildman–Crippen MR) is 73.8 cm³/mol. The quantitative estimate of drug-likeness (QED) is 0.759. The molecular formula is C13H24N4O. The van der Waals surface area contributed by atoms with Crippen molar-refractivity contribution in [3.8, 4) is 0 Å². The maximum atomic E-state index is 5.10. The molecule has 102 valence electrons. The zero-order valence-electron chi connectivity index (χ0n) is 11.8. The van der Waals surface area contributed by atoms with E-state index in [0.717, 1.165) is 31.1 Å². The Kier molecular flexibility index (Phi) is 6.60. The lowest BCUT2D eigenvalue weighted by atomic mass is 10.3. The second kappa shape index (κ2) is 8.00. The number of rotatable bonds is 8. The summed E-state index contributed by atoms with van der Waals surface area (Å²) in [6, 6.07) is 0.450. The van der Waals surface area contributed by atoms with Crippen molar-refractivity contribution in [2.24, 2.45) is 0 Å². The number of ether oxygens (including phenoxy) is 1. The van der Waals surface area contributed by atoms with Gasteiger partial charge in [-0.15, -0.1) is 0 Å². The molecule has 5 heteroatoms. The Morgan fingerprint density at radius 2 is 2.17 bits per heavy atom. The first-order chi connectivity index (χ1) is 8.67. The van der Waals surface area contributed by atoms with Crippen LogP contribution in [0.5, 0.6) is 0 Å². The number of methoxy groups -OCH3 is 1. The second-order valence-corrected chi connectivity index (χ2v) is 4.48. The Morgan fingerprint density at radius 1 is 1.39 bits per heavy atom. The number of nitrogens with zero attached hydrogens (tertiary/aromatic N) is 3. The van der Waals surface area contributed by atoms with Gasteiger partial charge in [-0.25, -0.2) is 4.98 Å². The normalized spacial score (nSPS) is 10.9. The monoisotopic (exact) mass is 252 g/mol. The molecule has 0 aliphatic rings. The Hall–Kier alpha value is -1.20. The molecule has 0 saturated carbocycles. The molecule has 0 aliphatic carbocycles. The molecule has 0 bridgehead atoms. The fraction of sp³-hybridized carbons (Fsp3) is 0.692. The van der Waals surface area contributed by atoms with Gasteiger partial charge in [0.05, 0.1) is 18.5 Å². The lowest BCUT2D eigenvalue weighted by molar-refractivity contribution is 0.205. The van der Waals surface area contributed by atoms with E-state index in [9.17, 15) is 0 Å². The number of hydrogen-bond acceptors (Lipinski definition) is 5. The highest BCUT2D eigenvalue weighted by Crippen LogP contribution is 2.09. The van der Waals surface area contributed by atoms with Gasteiger partial charge in [0.15, 0.2) is 0 Å². The summed E-state index contributed by atoms with van der Waals surface area (Å²) in [4.78, 5) is 11.0. The molecule has 0 spiro atoms. The maximum Gasteiger partial charge on any atom is 0.147 e. The van der Waals surface area contributed by atoms with E-state index in [4.69, 9.17) is 4.74 Å². The Morgan fingerprint density at radius 3 is 2.78 bits per heavy atom. The highest BCUT2D eigenvalue weighted by molar-refractivity contribution is 5.36. The van der Waals surface area contributed by atoms with Crippen molar-refractivity contribution in [2.75, 3.05) is 31.7 Å². The zero-order valence-corrected chi connectivity index (χ0v) is 11.8. The van der Waals surface area contributed by atoms with Crippen LogP contribution in [0, 0.1) is 0 Å². The highest BCUT2D eigenvalue weighted by Gasteiger charge is 2.07. The van der Waals surface area contributed by atoms with Crippen molar-refractivity contribution in [1.29, 1.82) is 0 Å². The lowest BCUT2D eigenvalue weighted by Gasteiger charge is -2.21. The summed E-state index contributed by atoms with van der Waals surface area (Å²) < 4.78 is 5.10. The summed E-state index contributed by atoms with van der Waals surface area (Å²) in [7, 11) is 1.71. The lowest BCUT2D eigenvalue weighted by Crippen LogP contribution is -2.28. The highest BCUT2D eigenvalue weighted by atomic mass is 16.5. The molecular weight excluding hydrogens is 228 g/mol. The molecule has 5 nitrogen and oxygen atoms in total. The van der Waals surface area contributed by atoms with Crippen molar-refractivity contribution >= 4 is 5.82 Å². The minimum Gasteiger partial charge on any atom is -0.383 e. The van der Waals surface area contributed by atoms with E-state index in [2.05, 4.69) is 41.0 Å². The van der Waals surface area contributed by atoms with Crippen molar-refractivity contribution in [3.05, 3.63) is 18.1 Å². The van der Waals surface area contributed by atoms with E-state index in [1.807, 2.05) is 6.20 Å². The number of hydrogen-bond donors (Lipinski definition) is 1. The minimum atomic E-state index is 0.450. The summed E-state index contributed by atoms with van der Waals surface area (Å²) in [5, 5.41) is 3.34. The molecule has 0 radical (unpaired) electrons. The van der Waals surface area contributed by atoms with Gasteiger partial charge in [0.25, 0.3) is 0 Å². The molecule has 0 unspecified atom stereocenters. The summed E-state index contributed by atoms with van der Waals surface area (Å²) in [5.74, 6) is 0.914. The number of anilines is 1. The average Bonchev–Trinajstić information content (AvgIpc) is 2.38. The summed E-state index contributed by atoms with van der Waals surface area (Å²) in [6.45, 7) is 9.53. The van der Waals surface area contributed by atoms with E-state index in [0.29, 0.717) is 12.6 Å². The van der Waals surface area contributed by atoms with Crippen molar-refractivity contribution in [3.63, 3.8) is 0 Å². The third-order valence-electron chi connectivity index (χ3n) is 2.63. The predicted octanol–water partition coefficient (Wildman–Crippen LogP) is 1.45. The fourth-order valence-electron chi connectivity index (χ4n) is 1.58. The third kappa shape index (κ3) is 4.98. The largest absolute Gasteiger partial charge is 0.383 e. The fourth-order valence-corrected chi connectivity index (χ4v) is 1.58. The molecule has 0 aromatic carbocycles. The van der Waals surface area contributed by atoms with E-state index in [1.54, 1.807) is 13.3 Å². The molecule has 1 aromatic rings.